The van der Waals surface area contributed by atoms with Crippen LogP contribution in [0.3, 0.4) is 0 Å². The Labute approximate surface area is 115 Å². The van der Waals surface area contributed by atoms with Crippen LogP contribution in [-0.4, -0.2) is 35.1 Å². The molecule has 7 heteroatoms. The van der Waals surface area contributed by atoms with Gasteiger partial charge in [0.25, 0.3) is 0 Å². The van der Waals surface area contributed by atoms with Gasteiger partial charge < -0.3 is 4.74 Å². The van der Waals surface area contributed by atoms with Crippen molar-refractivity contribution in [2.45, 2.75) is 32.1 Å². The van der Waals surface area contributed by atoms with Crippen LogP contribution < -0.4 is 0 Å². The zero-order valence-corrected chi connectivity index (χ0v) is 11.6. The van der Waals surface area contributed by atoms with Gasteiger partial charge in [0.05, 0.1) is 23.2 Å². The minimum Gasteiger partial charge on any atom is -0.373 e. The lowest BCUT2D eigenvalue weighted by Crippen LogP contribution is -2.46. The van der Waals surface area contributed by atoms with E-state index in [0.29, 0.717) is 13.1 Å². The van der Waals surface area contributed by atoms with Gasteiger partial charge in [-0.25, -0.2) is 0 Å². The monoisotopic (exact) mass is 281 g/mol. The van der Waals surface area contributed by atoms with Crippen molar-refractivity contribution >= 4 is 16.3 Å². The first-order chi connectivity index (χ1) is 9.01. The van der Waals surface area contributed by atoms with E-state index < -0.39 is 11.0 Å². The van der Waals surface area contributed by atoms with Crippen molar-refractivity contribution in [3.05, 3.63) is 27.1 Å². The van der Waals surface area contributed by atoms with Gasteiger partial charge in [0.2, 0.25) is 0 Å². The van der Waals surface area contributed by atoms with Gasteiger partial charge in [-0.1, -0.05) is 11.3 Å². The minimum atomic E-state index is -0.438. The lowest BCUT2D eigenvalue weighted by atomic mass is 10.1. The van der Waals surface area contributed by atoms with Crippen LogP contribution in [-0.2, 0) is 4.74 Å². The molecule has 0 radical (unpaired) electrons. The van der Waals surface area contributed by atoms with E-state index in [-0.39, 0.29) is 17.2 Å². The normalized spacial score (nSPS) is 25.7. The molecule has 3 unspecified atom stereocenters. The molecule has 19 heavy (non-hydrogen) atoms. The molecule has 2 rings (SSSR count). The van der Waals surface area contributed by atoms with Crippen LogP contribution in [0, 0.1) is 21.4 Å². The van der Waals surface area contributed by atoms with Gasteiger partial charge >= 0.3 is 5.00 Å². The van der Waals surface area contributed by atoms with Crippen molar-refractivity contribution in [3.63, 3.8) is 0 Å². The Bertz CT molecular complexity index is 501. The van der Waals surface area contributed by atoms with Crippen molar-refractivity contribution in [1.82, 2.24) is 4.90 Å². The van der Waals surface area contributed by atoms with Gasteiger partial charge in [0.15, 0.2) is 0 Å². The van der Waals surface area contributed by atoms with Crippen LogP contribution in [0.2, 0.25) is 0 Å². The molecule has 2 heterocycles. The Balaban J connectivity index is 2.19. The molecule has 1 saturated heterocycles. The summed E-state index contributed by atoms with van der Waals surface area (Å²) in [4.78, 5) is 13.0. The summed E-state index contributed by atoms with van der Waals surface area (Å²) in [5.74, 6) is 0. The molecule has 0 amide bonds. The first-order valence-electron chi connectivity index (χ1n) is 6.04. The summed E-state index contributed by atoms with van der Waals surface area (Å²) in [6, 6.07) is 4.93. The van der Waals surface area contributed by atoms with Crippen molar-refractivity contribution in [2.24, 2.45) is 0 Å². The van der Waals surface area contributed by atoms with Gasteiger partial charge in [-0.3, -0.25) is 15.0 Å². The fourth-order valence-electron chi connectivity index (χ4n) is 2.34. The van der Waals surface area contributed by atoms with Crippen molar-refractivity contribution in [1.29, 1.82) is 5.26 Å². The molecule has 102 valence electrons. The minimum absolute atomic E-state index is 0.0644. The number of nitrogens with zero attached hydrogens (tertiary/aromatic N) is 3. The van der Waals surface area contributed by atoms with E-state index in [1.165, 1.54) is 6.07 Å². The molecule has 1 aliphatic rings. The molecule has 0 saturated carbocycles. The molecule has 1 aromatic rings. The van der Waals surface area contributed by atoms with Gasteiger partial charge in [-0.2, -0.15) is 5.26 Å². The Morgan fingerprint density at radius 2 is 2.16 bits per heavy atom. The maximum Gasteiger partial charge on any atom is 0.324 e. The van der Waals surface area contributed by atoms with E-state index in [1.54, 1.807) is 6.07 Å². The second kappa shape index (κ2) is 5.65. The highest BCUT2D eigenvalue weighted by Gasteiger charge is 2.30. The number of morpholine rings is 1. The number of rotatable bonds is 3. The molecule has 3 atom stereocenters. The third kappa shape index (κ3) is 3.10. The molecule has 6 nitrogen and oxygen atoms in total. The number of hydrogen-bond acceptors (Lipinski definition) is 6. The van der Waals surface area contributed by atoms with Crippen LogP contribution >= 0.6 is 11.3 Å². The second-order valence-corrected chi connectivity index (χ2v) is 5.77. The summed E-state index contributed by atoms with van der Waals surface area (Å²) in [7, 11) is 0. The Hall–Kier alpha value is -1.49. The van der Waals surface area contributed by atoms with Crippen molar-refractivity contribution < 1.29 is 9.66 Å². The summed E-state index contributed by atoms with van der Waals surface area (Å²) in [5.41, 5.74) is 0. The fraction of sp³-hybridized carbons (Fsp3) is 0.583. The van der Waals surface area contributed by atoms with E-state index in [9.17, 15) is 15.4 Å². The molecule has 0 N–H and O–H groups in total. The average Bonchev–Trinajstić information content (AvgIpc) is 2.78. The number of hydrogen-bond donors (Lipinski definition) is 0. The van der Waals surface area contributed by atoms with E-state index in [1.807, 2.05) is 18.7 Å². The quantitative estimate of drug-likeness (QED) is 0.627. The molecule has 0 aromatic carbocycles. The number of nitro groups is 1. The smallest absolute Gasteiger partial charge is 0.324 e. The van der Waals surface area contributed by atoms with E-state index >= 15 is 0 Å². The highest BCUT2D eigenvalue weighted by atomic mass is 32.1. The highest BCUT2D eigenvalue weighted by Crippen LogP contribution is 2.33. The van der Waals surface area contributed by atoms with Crippen LogP contribution in [0.4, 0.5) is 5.00 Å². The molecule has 0 aliphatic carbocycles. The SMILES string of the molecule is CC1CN(C(C#N)c2ccc([N+](=O)[O-])s2)CC(C)O1. The Morgan fingerprint density at radius 3 is 2.63 bits per heavy atom. The van der Waals surface area contributed by atoms with E-state index in [4.69, 9.17) is 4.74 Å². The molecular formula is C12H15N3O3S. The zero-order chi connectivity index (χ0) is 14.0. The van der Waals surface area contributed by atoms with Gasteiger partial charge in [-0.15, -0.1) is 0 Å². The summed E-state index contributed by atoms with van der Waals surface area (Å²) < 4.78 is 5.63. The first-order valence-corrected chi connectivity index (χ1v) is 6.86. The third-order valence-electron chi connectivity index (χ3n) is 3.00. The molecule has 1 fully saturated rings. The summed E-state index contributed by atoms with van der Waals surface area (Å²) in [6.07, 6.45) is 0.129. The lowest BCUT2D eigenvalue weighted by Gasteiger charge is -2.37. The predicted octanol–water partition coefficient (Wildman–Crippen LogP) is 2.33. The molecular weight excluding hydrogens is 266 g/mol. The fourth-order valence-corrected chi connectivity index (χ4v) is 3.24. The topological polar surface area (TPSA) is 79.4 Å². The lowest BCUT2D eigenvalue weighted by molar-refractivity contribution is -0.380. The van der Waals surface area contributed by atoms with Crippen molar-refractivity contribution in [3.8, 4) is 6.07 Å². The van der Waals surface area contributed by atoms with Crippen LogP contribution in [0.1, 0.15) is 24.8 Å². The molecule has 1 aromatic heterocycles. The standard InChI is InChI=1S/C12H15N3O3S/c1-8-6-14(7-9(2)18-8)10(5-13)11-3-4-12(19-11)15(16)17/h3-4,8-10H,6-7H2,1-2H3. The number of nitriles is 1. The van der Waals surface area contributed by atoms with Crippen LogP contribution in [0.15, 0.2) is 12.1 Å². The molecule has 0 spiro atoms. The molecule has 1 aliphatic heterocycles. The van der Waals surface area contributed by atoms with Gasteiger partial charge in [0, 0.05) is 24.0 Å². The highest BCUT2D eigenvalue weighted by molar-refractivity contribution is 7.15. The number of ether oxygens (including phenoxy) is 1. The zero-order valence-electron chi connectivity index (χ0n) is 10.8. The maximum atomic E-state index is 10.7. The van der Waals surface area contributed by atoms with Crippen LogP contribution in [0.25, 0.3) is 0 Å². The van der Waals surface area contributed by atoms with E-state index in [2.05, 4.69) is 6.07 Å². The Kier molecular flexibility index (Phi) is 4.14. The van der Waals surface area contributed by atoms with Gasteiger partial charge in [0.1, 0.15) is 6.04 Å². The summed E-state index contributed by atoms with van der Waals surface area (Å²) >= 11 is 1.07. The average molecular weight is 281 g/mol. The predicted molar refractivity (Wildman–Crippen MR) is 70.9 cm³/mol. The second-order valence-electron chi connectivity index (χ2n) is 4.68. The maximum absolute atomic E-state index is 10.7. The summed E-state index contributed by atoms with van der Waals surface area (Å²) in [5, 5.41) is 20.1. The van der Waals surface area contributed by atoms with Crippen LogP contribution in [0.5, 0.6) is 0 Å². The number of thiophene rings is 1. The summed E-state index contributed by atoms with van der Waals surface area (Å²) in [6.45, 7) is 5.25. The third-order valence-corrected chi connectivity index (χ3v) is 4.09. The van der Waals surface area contributed by atoms with Gasteiger partial charge in [-0.05, 0) is 19.9 Å². The first kappa shape index (κ1) is 13.9. The Morgan fingerprint density at radius 1 is 1.53 bits per heavy atom. The largest absolute Gasteiger partial charge is 0.373 e. The van der Waals surface area contributed by atoms with E-state index in [0.717, 1.165) is 16.2 Å². The molecule has 0 bridgehead atoms. The van der Waals surface area contributed by atoms with Crippen molar-refractivity contribution in [2.75, 3.05) is 13.1 Å².